The third-order valence-corrected chi connectivity index (χ3v) is 0.150. The lowest BCUT2D eigenvalue weighted by molar-refractivity contribution is 1.46. The molecule has 0 rings (SSSR count). The Labute approximate surface area is 26.4 Å². The normalized spacial score (nSPS) is 3.75. The highest BCUT2D eigenvalue weighted by molar-refractivity contribution is 7.04. The van der Waals surface area contributed by atoms with Crippen LogP contribution in [-0.2, 0) is 0 Å². The molecule has 0 saturated carbocycles. The second kappa shape index (κ2) is 2.59. The first kappa shape index (κ1) is 3.59. The van der Waals surface area contributed by atoms with Gasteiger partial charge in [-0.1, -0.05) is 0 Å². The quantitative estimate of drug-likeness (QED) is 0.308. The van der Waals surface area contributed by atoms with Gasteiger partial charge in [-0.15, -0.1) is 0 Å². The second-order valence-corrected chi connectivity index (χ2v) is 0.435. The molecule has 0 spiro atoms. The molecule has 20 valence electrons. The maximum Gasteiger partial charge on any atom is 0.209 e. The summed E-state index contributed by atoms with van der Waals surface area (Å²) in [5.41, 5.74) is 0. The maximum atomic E-state index is 7.41. The van der Waals surface area contributed by atoms with Crippen LogP contribution in [0.5, 0.6) is 0 Å². The highest BCUT2D eigenvalue weighted by Crippen LogP contribution is 1.59. The maximum absolute atomic E-state index is 7.41. The van der Waals surface area contributed by atoms with E-state index in [9.17, 15) is 0 Å². The Bertz CT molecular complexity index is 51.5. The molecule has 0 aromatic rings. The largest absolute Gasteiger partial charge is 0.209 e. The second-order valence-electron chi connectivity index (χ2n) is 0.212. The molecular weight excluding hydrogens is 71.0 g/mol. The Morgan fingerprint density at radius 1 is 2.00 bits per heavy atom. The predicted octanol–water partition coefficient (Wildman–Crippen LogP) is 0.794. The zero-order valence-corrected chi connectivity index (χ0v) is 2.89. The first-order valence-corrected chi connectivity index (χ1v) is 1.12. The van der Waals surface area contributed by atoms with E-state index < -0.39 is 0 Å². The van der Waals surface area contributed by atoms with Gasteiger partial charge in [0, 0.05) is 9.03 Å². The van der Waals surface area contributed by atoms with E-state index in [0.717, 1.165) is 0 Å². The summed E-state index contributed by atoms with van der Waals surface area (Å²) in [6, 6.07) is 0. The van der Waals surface area contributed by atoms with Crippen LogP contribution in [0.25, 0.3) is 0 Å². The topological polar surface area (TPSA) is 36.1 Å². The molecule has 0 heterocycles. The molecule has 0 aromatic heterocycles. The minimum Gasteiger partial charge on any atom is -0.170 e. The lowest BCUT2D eigenvalue weighted by atomic mass is 11.5. The standard InChI is InChI=1S/CHN2P/c2-1-3-4/h4H. The van der Waals surface area contributed by atoms with Gasteiger partial charge in [0.1, 0.15) is 0 Å². The summed E-state index contributed by atoms with van der Waals surface area (Å²) in [6.45, 7) is 0. The molecule has 0 fully saturated rings. The van der Waals surface area contributed by atoms with E-state index in [2.05, 4.69) is 13.8 Å². The van der Waals surface area contributed by atoms with Gasteiger partial charge in [-0.25, -0.2) is 0 Å². The van der Waals surface area contributed by atoms with Gasteiger partial charge < -0.3 is 0 Å². The number of nitriles is 1. The molecule has 0 aromatic carbocycles. The molecule has 2 nitrogen and oxygen atoms in total. The summed E-state index contributed by atoms with van der Waals surface area (Å²) in [5, 5.41) is 7.41. The van der Waals surface area contributed by atoms with Crippen molar-refractivity contribution < 1.29 is 0 Å². The molecule has 0 atom stereocenters. The van der Waals surface area contributed by atoms with Gasteiger partial charge in [0.15, 0.2) is 0 Å². The van der Waals surface area contributed by atoms with Crippen LogP contribution in [0.2, 0.25) is 0 Å². The van der Waals surface area contributed by atoms with Crippen molar-refractivity contribution in [2.45, 2.75) is 0 Å². The summed E-state index contributed by atoms with van der Waals surface area (Å²) in [4.78, 5) is 0. The lowest BCUT2D eigenvalue weighted by Crippen LogP contribution is -1.18. The van der Waals surface area contributed by atoms with Crippen molar-refractivity contribution in [3.05, 3.63) is 0 Å². The van der Waals surface area contributed by atoms with Crippen LogP contribution in [-0.4, -0.2) is 0 Å². The fraction of sp³-hybridized carbons (Fsp3) is 0. The molecule has 0 radical (unpaired) electrons. The molecular formula is CHN2P. The average molecular weight is 72.0 g/mol. The minimum absolute atomic E-state index is 1.47. The van der Waals surface area contributed by atoms with E-state index in [1.807, 2.05) is 0 Å². The van der Waals surface area contributed by atoms with Crippen LogP contribution in [0.15, 0.2) is 4.74 Å². The third-order valence-electron chi connectivity index (χ3n) is 0.0500. The van der Waals surface area contributed by atoms with Crippen LogP contribution in [0.1, 0.15) is 0 Å². The zero-order valence-electron chi connectivity index (χ0n) is 1.89. The van der Waals surface area contributed by atoms with Crippen molar-refractivity contribution in [2.24, 2.45) is 4.74 Å². The smallest absolute Gasteiger partial charge is 0.170 e. The van der Waals surface area contributed by atoms with Gasteiger partial charge in [-0.2, -0.15) is 10.0 Å². The van der Waals surface area contributed by atoms with Crippen LogP contribution < -0.4 is 0 Å². The van der Waals surface area contributed by atoms with Gasteiger partial charge in [-0.3, -0.25) is 0 Å². The van der Waals surface area contributed by atoms with Crippen molar-refractivity contribution in [1.29, 1.82) is 5.26 Å². The third kappa shape index (κ3) is 1.59. The number of hydrogen-bond donors (Lipinski definition) is 0. The Morgan fingerprint density at radius 2 is 2.25 bits per heavy atom. The van der Waals surface area contributed by atoms with Gasteiger partial charge in [0.2, 0.25) is 6.19 Å². The predicted molar refractivity (Wildman–Crippen MR) is 16.4 cm³/mol. The van der Waals surface area contributed by atoms with Crippen molar-refractivity contribution in [3.63, 3.8) is 0 Å². The number of rotatable bonds is 0. The van der Waals surface area contributed by atoms with E-state index in [1.54, 1.807) is 0 Å². The number of hydrogen-bond acceptors (Lipinski definition) is 2. The summed E-state index contributed by atoms with van der Waals surface area (Å²) >= 11 is 0. The molecule has 4 heavy (non-hydrogen) atoms. The summed E-state index contributed by atoms with van der Waals surface area (Å²) in [5.74, 6) is 0. The first-order valence-electron chi connectivity index (χ1n) is 0.671. The van der Waals surface area contributed by atoms with Gasteiger partial charge >= 0.3 is 0 Å². The van der Waals surface area contributed by atoms with E-state index in [-0.39, 0.29) is 0 Å². The number of nitrogens with zero attached hydrogens (tertiary/aromatic N) is 2. The first-order chi connectivity index (χ1) is 1.91. The van der Waals surface area contributed by atoms with Crippen molar-refractivity contribution in [1.82, 2.24) is 0 Å². The zero-order chi connectivity index (χ0) is 3.41. The van der Waals surface area contributed by atoms with E-state index >= 15 is 0 Å². The molecule has 0 amide bonds. The van der Waals surface area contributed by atoms with Crippen molar-refractivity contribution >= 4 is 9.03 Å². The Morgan fingerprint density at radius 3 is 2.25 bits per heavy atom. The fourth-order valence-corrected chi connectivity index (χ4v) is 0. The van der Waals surface area contributed by atoms with Gasteiger partial charge in [0.05, 0.1) is 0 Å². The van der Waals surface area contributed by atoms with Crippen LogP contribution in [0.3, 0.4) is 0 Å². The van der Waals surface area contributed by atoms with Crippen molar-refractivity contribution in [3.8, 4) is 6.19 Å². The van der Waals surface area contributed by atoms with Gasteiger partial charge in [0.25, 0.3) is 0 Å². The summed E-state index contributed by atoms with van der Waals surface area (Å²) < 4.78 is 2.85. The van der Waals surface area contributed by atoms with E-state index in [1.165, 1.54) is 6.19 Å². The van der Waals surface area contributed by atoms with E-state index in [4.69, 9.17) is 5.26 Å². The summed E-state index contributed by atoms with van der Waals surface area (Å²) in [7, 11) is 2.55. The average Bonchev–Trinajstić information content (AvgIpc) is 1.37. The highest BCUT2D eigenvalue weighted by Gasteiger charge is 1.33. The molecule has 0 saturated heterocycles. The fourth-order valence-electron chi connectivity index (χ4n) is 0. The van der Waals surface area contributed by atoms with Crippen molar-refractivity contribution in [2.75, 3.05) is 0 Å². The van der Waals surface area contributed by atoms with Gasteiger partial charge in [-0.05, 0) is 0 Å². The Kier molecular flexibility index (Phi) is 2.32. The monoisotopic (exact) mass is 72.0 g/mol. The van der Waals surface area contributed by atoms with Crippen LogP contribution >= 0.6 is 9.03 Å². The Balaban J connectivity index is 2.92. The minimum atomic E-state index is 1.47. The molecule has 0 unspecified atom stereocenters. The van der Waals surface area contributed by atoms with Crippen LogP contribution in [0, 0.1) is 11.5 Å². The lowest BCUT2D eigenvalue weighted by Gasteiger charge is -1.33. The van der Waals surface area contributed by atoms with Crippen LogP contribution in [0.4, 0.5) is 0 Å². The molecule has 3 heteroatoms. The molecule has 0 bridgehead atoms. The molecule has 0 aliphatic rings. The summed E-state index contributed by atoms with van der Waals surface area (Å²) in [6.07, 6.45) is 1.47. The highest BCUT2D eigenvalue weighted by atomic mass is 31.0. The molecule has 0 aliphatic carbocycles. The molecule has 0 N–H and O–H groups in total. The molecule has 0 aliphatic heterocycles. The van der Waals surface area contributed by atoms with E-state index in [0.29, 0.717) is 0 Å². The Hall–Kier alpha value is -0.410. The SMILES string of the molecule is N#CN=P.